The number of aliphatic hydroxyl groups excluding tert-OH is 2. The van der Waals surface area contributed by atoms with Crippen molar-refractivity contribution in [1.29, 1.82) is 0 Å². The van der Waals surface area contributed by atoms with Crippen LogP contribution in [0.25, 0.3) is 0 Å². The van der Waals surface area contributed by atoms with Crippen LogP contribution >= 0.6 is 0 Å². The molecular formula is C38H64N2O9. The van der Waals surface area contributed by atoms with E-state index in [2.05, 4.69) is 11.8 Å². The number of carbonyl (C=O) groups excluding carboxylic acids is 2. The summed E-state index contributed by atoms with van der Waals surface area (Å²) in [6, 6.07) is 0. The molecule has 10 unspecified atom stereocenters. The lowest BCUT2D eigenvalue weighted by Gasteiger charge is -2.38. The van der Waals surface area contributed by atoms with E-state index in [-0.39, 0.29) is 36.9 Å². The van der Waals surface area contributed by atoms with Gasteiger partial charge in [-0.05, 0) is 64.6 Å². The first-order valence-corrected chi connectivity index (χ1v) is 18.3. The number of cyclic esters (lactones) is 1. The number of allylic oxidation sites excluding steroid dienone is 2. The molecule has 11 nitrogen and oxygen atoms in total. The average Bonchev–Trinajstić information content (AvgIpc) is 3.83. The number of ether oxygens (including phenoxy) is 4. The second-order valence-electron chi connectivity index (χ2n) is 14.9. The zero-order valence-corrected chi connectivity index (χ0v) is 31.2. The van der Waals surface area contributed by atoms with E-state index < -0.39 is 47.7 Å². The highest BCUT2D eigenvalue weighted by Crippen LogP contribution is 2.37. The predicted molar refractivity (Wildman–Crippen MR) is 189 cm³/mol. The van der Waals surface area contributed by atoms with Gasteiger partial charge in [0.05, 0.1) is 36.4 Å². The Labute approximate surface area is 294 Å². The molecule has 0 aromatic carbocycles. The fourth-order valence-corrected chi connectivity index (χ4v) is 6.73. The number of hydrogen-bond donors (Lipinski definition) is 3. The van der Waals surface area contributed by atoms with Crippen LogP contribution in [0.5, 0.6) is 0 Å². The fourth-order valence-electron chi connectivity index (χ4n) is 6.73. The van der Waals surface area contributed by atoms with Crippen molar-refractivity contribution < 1.29 is 43.9 Å². The van der Waals surface area contributed by atoms with Crippen molar-refractivity contribution >= 4 is 12.1 Å². The van der Waals surface area contributed by atoms with Crippen LogP contribution in [-0.4, -0.2) is 125 Å². The number of hydrogen-bond acceptors (Lipinski definition) is 10. The molecule has 0 saturated carbocycles. The molecular weight excluding hydrogens is 628 g/mol. The van der Waals surface area contributed by atoms with Crippen molar-refractivity contribution in [1.82, 2.24) is 9.80 Å². The summed E-state index contributed by atoms with van der Waals surface area (Å²) in [7, 11) is 1.57. The molecule has 0 bridgehead atoms. The third kappa shape index (κ3) is 12.5. The average molecular weight is 693 g/mol. The quantitative estimate of drug-likeness (QED) is 0.107. The molecule has 3 heterocycles. The minimum atomic E-state index is -1.14. The smallest absolute Gasteiger partial charge is 0.410 e. The maximum Gasteiger partial charge on any atom is 0.410 e. The fraction of sp³-hybridized carbons (Fsp3) is 0.789. The first-order valence-electron chi connectivity index (χ1n) is 18.3. The summed E-state index contributed by atoms with van der Waals surface area (Å²) >= 11 is 0. The van der Waals surface area contributed by atoms with Crippen LogP contribution in [0.1, 0.15) is 93.4 Å². The van der Waals surface area contributed by atoms with E-state index in [1.807, 2.05) is 52.8 Å². The molecule has 2 fully saturated rings. The summed E-state index contributed by atoms with van der Waals surface area (Å²) in [6.45, 7) is 17.3. The third-order valence-electron chi connectivity index (χ3n) is 10.5. The van der Waals surface area contributed by atoms with Gasteiger partial charge in [-0.25, -0.2) is 4.79 Å². The standard InChI is InChI=1S/C38H64N2O9/c1-9-11-19-39-20-22-40(23-21-39)36(44)48-32-15-14-27(4)34(49-33(43)24-29(41)16-18-38(32,7)46-8)26(3)13-12-17-37(6,45)25-31-35(47-31)28(5)30(42)10-2/h12-15,17,27-32,34-35,41-42,45H,9-11,16,18-25H2,1-8H3/b15-14+,17-12+,26-13+. The van der Waals surface area contributed by atoms with E-state index >= 15 is 0 Å². The van der Waals surface area contributed by atoms with Crippen molar-refractivity contribution in [3.63, 3.8) is 0 Å². The van der Waals surface area contributed by atoms with Gasteiger partial charge in [0, 0.05) is 51.5 Å². The van der Waals surface area contributed by atoms with E-state index in [9.17, 15) is 24.9 Å². The highest BCUT2D eigenvalue weighted by Gasteiger charge is 2.47. The molecule has 1 amide bonds. The topological polar surface area (TPSA) is 142 Å². The molecule has 49 heavy (non-hydrogen) atoms. The SMILES string of the molecule is CCCCN1CCN(C(=O)OC2/C=C/C(C)C(/C(C)=C/C=C/C(C)(O)CC3OC3C(C)C(O)CC)OC(=O)CC(O)CCC2(C)OC)CC1. The number of esters is 1. The second-order valence-corrected chi connectivity index (χ2v) is 14.9. The monoisotopic (exact) mass is 692 g/mol. The molecule has 3 N–H and O–H groups in total. The van der Waals surface area contributed by atoms with Crippen molar-refractivity contribution in [3.8, 4) is 0 Å². The Bertz CT molecular complexity index is 1150. The zero-order valence-electron chi connectivity index (χ0n) is 31.2. The number of carbonyl (C=O) groups is 2. The van der Waals surface area contributed by atoms with E-state index in [1.165, 1.54) is 0 Å². The Morgan fingerprint density at radius 1 is 1.22 bits per heavy atom. The van der Waals surface area contributed by atoms with Gasteiger partial charge in [0.25, 0.3) is 0 Å². The van der Waals surface area contributed by atoms with Crippen LogP contribution in [0.15, 0.2) is 36.0 Å². The lowest BCUT2D eigenvalue weighted by molar-refractivity contribution is -0.151. The van der Waals surface area contributed by atoms with Crippen molar-refractivity contribution in [2.75, 3.05) is 39.8 Å². The molecule has 280 valence electrons. The van der Waals surface area contributed by atoms with Crippen molar-refractivity contribution in [2.24, 2.45) is 11.8 Å². The Hall–Kier alpha value is -2.28. The second kappa shape index (κ2) is 18.8. The van der Waals surface area contributed by atoms with E-state index in [1.54, 1.807) is 31.1 Å². The summed E-state index contributed by atoms with van der Waals surface area (Å²) in [5.41, 5.74) is -1.34. The minimum Gasteiger partial charge on any atom is -0.457 e. The number of epoxide rings is 1. The van der Waals surface area contributed by atoms with Crippen LogP contribution in [0, 0.1) is 11.8 Å². The van der Waals surface area contributed by atoms with Gasteiger partial charge in [-0.2, -0.15) is 0 Å². The van der Waals surface area contributed by atoms with Crippen LogP contribution in [-0.2, 0) is 23.7 Å². The van der Waals surface area contributed by atoms with Gasteiger partial charge in [-0.3, -0.25) is 9.69 Å². The number of methoxy groups -OCH3 is 1. The number of rotatable bonds is 13. The first-order chi connectivity index (χ1) is 23.1. The molecule has 3 aliphatic rings. The van der Waals surface area contributed by atoms with E-state index in [0.29, 0.717) is 32.4 Å². The van der Waals surface area contributed by atoms with Gasteiger partial charge < -0.3 is 39.2 Å². The molecule has 11 heteroatoms. The largest absolute Gasteiger partial charge is 0.457 e. The van der Waals surface area contributed by atoms with Gasteiger partial charge in [0.2, 0.25) is 0 Å². The van der Waals surface area contributed by atoms with Crippen LogP contribution in [0.2, 0.25) is 0 Å². The predicted octanol–water partition coefficient (Wildman–Crippen LogP) is 4.78. The normalized spacial score (nSPS) is 33.9. The Kier molecular flexibility index (Phi) is 15.8. The van der Waals surface area contributed by atoms with Crippen LogP contribution < -0.4 is 0 Å². The minimum absolute atomic E-state index is 0.00307. The maximum absolute atomic E-state index is 13.4. The van der Waals surface area contributed by atoms with Crippen LogP contribution in [0.4, 0.5) is 4.79 Å². The number of nitrogens with zero attached hydrogens (tertiary/aromatic N) is 2. The number of unbranched alkanes of at least 4 members (excludes halogenated alkanes) is 1. The van der Waals surface area contributed by atoms with Crippen molar-refractivity contribution in [3.05, 3.63) is 36.0 Å². The molecule has 2 saturated heterocycles. The molecule has 0 radical (unpaired) electrons. The molecule has 3 rings (SSSR count). The van der Waals surface area contributed by atoms with Crippen molar-refractivity contribution in [2.45, 2.75) is 141 Å². The number of amides is 1. The van der Waals surface area contributed by atoms with Gasteiger partial charge in [0.15, 0.2) is 6.10 Å². The highest BCUT2D eigenvalue weighted by atomic mass is 16.6. The Balaban J connectivity index is 1.75. The lowest BCUT2D eigenvalue weighted by Crippen LogP contribution is -2.51. The van der Waals surface area contributed by atoms with Gasteiger partial charge in [-0.1, -0.05) is 58.4 Å². The number of aliphatic hydroxyl groups is 3. The summed E-state index contributed by atoms with van der Waals surface area (Å²) in [5.74, 6) is -0.832. The Morgan fingerprint density at radius 2 is 1.92 bits per heavy atom. The first kappa shape index (κ1) is 41.1. The summed E-state index contributed by atoms with van der Waals surface area (Å²) in [6.07, 6.45) is 9.31. The van der Waals surface area contributed by atoms with E-state index in [4.69, 9.17) is 18.9 Å². The van der Waals surface area contributed by atoms with Gasteiger partial charge in [0.1, 0.15) is 11.7 Å². The zero-order chi connectivity index (χ0) is 36.4. The molecule has 10 atom stereocenters. The highest BCUT2D eigenvalue weighted by molar-refractivity contribution is 5.70. The summed E-state index contributed by atoms with van der Waals surface area (Å²) in [5, 5.41) is 32.0. The molecule has 0 aliphatic carbocycles. The molecule has 0 aromatic rings. The summed E-state index contributed by atoms with van der Waals surface area (Å²) < 4.78 is 23.7. The number of piperazine rings is 1. The lowest BCUT2D eigenvalue weighted by atomic mass is 9.88. The van der Waals surface area contributed by atoms with Crippen LogP contribution in [0.3, 0.4) is 0 Å². The Morgan fingerprint density at radius 3 is 2.55 bits per heavy atom. The molecule has 0 aromatic heterocycles. The van der Waals surface area contributed by atoms with Gasteiger partial charge >= 0.3 is 12.1 Å². The van der Waals surface area contributed by atoms with E-state index in [0.717, 1.165) is 38.0 Å². The maximum atomic E-state index is 13.4. The van der Waals surface area contributed by atoms with Gasteiger partial charge in [-0.15, -0.1) is 0 Å². The third-order valence-corrected chi connectivity index (χ3v) is 10.5. The summed E-state index contributed by atoms with van der Waals surface area (Å²) in [4.78, 5) is 30.5. The molecule has 3 aliphatic heterocycles. The molecule has 0 spiro atoms.